The van der Waals surface area contributed by atoms with Crippen molar-refractivity contribution >= 4 is 21.6 Å². The summed E-state index contributed by atoms with van der Waals surface area (Å²) in [5.41, 5.74) is 0.562. The second-order valence-corrected chi connectivity index (χ2v) is 10.0. The number of aryl methyl sites for hydroxylation is 1. The molecule has 11 heteroatoms. The van der Waals surface area contributed by atoms with Gasteiger partial charge in [0, 0.05) is 38.3 Å². The Morgan fingerprint density at radius 3 is 2.36 bits per heavy atom. The van der Waals surface area contributed by atoms with E-state index in [1.54, 1.807) is 0 Å². The van der Waals surface area contributed by atoms with Crippen LogP contribution >= 0.6 is 11.6 Å². The topological polar surface area (TPSA) is 66.7 Å². The van der Waals surface area contributed by atoms with E-state index in [1.165, 1.54) is 0 Å². The van der Waals surface area contributed by atoms with Gasteiger partial charge in [-0.2, -0.15) is 17.5 Å². The first-order valence-corrected chi connectivity index (χ1v) is 12.0. The van der Waals surface area contributed by atoms with Crippen LogP contribution in [0.1, 0.15) is 17.0 Å². The van der Waals surface area contributed by atoms with Crippen LogP contribution < -0.4 is 0 Å². The fraction of sp³-hybridized carbons (Fsp3) is 0.318. The summed E-state index contributed by atoms with van der Waals surface area (Å²) in [7, 11) is -4.17. The van der Waals surface area contributed by atoms with Gasteiger partial charge >= 0.3 is 6.18 Å². The number of benzene rings is 2. The number of sulfonamides is 1. The van der Waals surface area contributed by atoms with Crippen molar-refractivity contribution in [2.45, 2.75) is 24.5 Å². The van der Waals surface area contributed by atoms with Gasteiger partial charge in [-0.3, -0.25) is 4.90 Å². The molecule has 33 heavy (non-hydrogen) atoms. The van der Waals surface area contributed by atoms with E-state index in [0.717, 1.165) is 27.7 Å². The monoisotopic (exact) mass is 499 g/mol. The van der Waals surface area contributed by atoms with Crippen LogP contribution in [0.25, 0.3) is 11.5 Å². The smallest absolute Gasteiger partial charge is 0.416 e. The maximum atomic E-state index is 13.1. The number of piperazine rings is 1. The molecule has 1 saturated heterocycles. The highest BCUT2D eigenvalue weighted by atomic mass is 35.5. The van der Waals surface area contributed by atoms with Crippen molar-refractivity contribution in [3.63, 3.8) is 0 Å². The van der Waals surface area contributed by atoms with Crippen LogP contribution in [-0.4, -0.2) is 48.8 Å². The highest BCUT2D eigenvalue weighted by Crippen LogP contribution is 2.34. The Bertz CT molecular complexity index is 1240. The number of hydrogen-bond donors (Lipinski definition) is 0. The molecule has 0 unspecified atom stereocenters. The SMILES string of the molecule is Cc1oc(-c2ccccc2)nc1CN1CCN(S(=O)(=O)c2cc(C(F)(F)F)ccc2Cl)CC1. The minimum Gasteiger partial charge on any atom is -0.441 e. The van der Waals surface area contributed by atoms with Gasteiger partial charge in [-0.15, -0.1) is 0 Å². The molecule has 0 saturated carbocycles. The fourth-order valence-electron chi connectivity index (χ4n) is 3.64. The van der Waals surface area contributed by atoms with Crippen LogP contribution in [0.3, 0.4) is 0 Å². The van der Waals surface area contributed by atoms with Crippen molar-refractivity contribution in [3.8, 4) is 11.5 Å². The first kappa shape index (κ1) is 23.7. The summed E-state index contributed by atoms with van der Waals surface area (Å²) in [6.45, 7) is 3.33. The van der Waals surface area contributed by atoms with Gasteiger partial charge in [0.05, 0.1) is 16.3 Å². The lowest BCUT2D eigenvalue weighted by Gasteiger charge is -2.33. The Labute approximate surface area is 194 Å². The maximum absolute atomic E-state index is 13.1. The van der Waals surface area contributed by atoms with Crippen molar-refractivity contribution in [1.82, 2.24) is 14.2 Å². The molecule has 0 atom stereocenters. The fourth-order valence-corrected chi connectivity index (χ4v) is 5.56. The number of oxazole rings is 1. The summed E-state index contributed by atoms with van der Waals surface area (Å²) in [6.07, 6.45) is -4.67. The van der Waals surface area contributed by atoms with Crippen molar-refractivity contribution < 1.29 is 26.0 Å². The molecule has 2 heterocycles. The molecular weight excluding hydrogens is 479 g/mol. The van der Waals surface area contributed by atoms with Gasteiger partial charge in [-0.05, 0) is 37.3 Å². The van der Waals surface area contributed by atoms with Gasteiger partial charge in [0.25, 0.3) is 0 Å². The lowest BCUT2D eigenvalue weighted by atomic mass is 10.2. The first-order chi connectivity index (χ1) is 15.6. The van der Waals surface area contributed by atoms with Crippen molar-refractivity contribution in [2.75, 3.05) is 26.2 Å². The summed E-state index contributed by atoms with van der Waals surface area (Å²) in [5, 5.41) is -0.239. The molecule has 6 nitrogen and oxygen atoms in total. The van der Waals surface area contributed by atoms with Crippen LogP contribution in [0, 0.1) is 6.92 Å². The van der Waals surface area contributed by atoms with Crippen LogP contribution in [0.15, 0.2) is 57.8 Å². The third-order valence-electron chi connectivity index (χ3n) is 5.49. The van der Waals surface area contributed by atoms with Crippen LogP contribution in [0.2, 0.25) is 5.02 Å². The van der Waals surface area contributed by atoms with E-state index in [2.05, 4.69) is 4.98 Å². The zero-order chi connectivity index (χ0) is 23.8. The van der Waals surface area contributed by atoms with E-state index in [4.69, 9.17) is 16.0 Å². The molecule has 4 rings (SSSR count). The summed E-state index contributed by atoms with van der Waals surface area (Å²) < 4.78 is 72.1. The van der Waals surface area contributed by atoms with E-state index < -0.39 is 26.7 Å². The Kier molecular flexibility index (Phi) is 6.54. The molecular formula is C22H21ClF3N3O3S. The third-order valence-corrected chi connectivity index (χ3v) is 7.87. The number of halogens is 4. The molecule has 1 aliphatic rings. The number of alkyl halides is 3. The zero-order valence-electron chi connectivity index (χ0n) is 17.6. The molecule has 0 N–H and O–H groups in total. The second kappa shape index (κ2) is 9.09. The molecule has 1 aliphatic heterocycles. The summed E-state index contributed by atoms with van der Waals surface area (Å²) >= 11 is 5.95. The van der Waals surface area contributed by atoms with E-state index in [9.17, 15) is 21.6 Å². The lowest BCUT2D eigenvalue weighted by Crippen LogP contribution is -2.48. The molecule has 0 spiro atoms. The average Bonchev–Trinajstić information content (AvgIpc) is 3.14. The van der Waals surface area contributed by atoms with Crippen molar-refractivity contribution in [1.29, 1.82) is 0 Å². The summed E-state index contributed by atoms with van der Waals surface area (Å²) in [4.78, 5) is 6.06. The van der Waals surface area contributed by atoms with E-state index >= 15 is 0 Å². The van der Waals surface area contributed by atoms with Crippen molar-refractivity contribution in [2.24, 2.45) is 0 Å². The van der Waals surface area contributed by atoms with E-state index in [0.29, 0.717) is 37.4 Å². The van der Waals surface area contributed by atoms with Crippen LogP contribution in [0.5, 0.6) is 0 Å². The van der Waals surface area contributed by atoms with Gasteiger partial charge in [-0.25, -0.2) is 13.4 Å². The number of rotatable bonds is 5. The predicted molar refractivity (Wildman–Crippen MR) is 117 cm³/mol. The van der Waals surface area contributed by atoms with E-state index in [1.807, 2.05) is 42.2 Å². The van der Waals surface area contributed by atoms with Gasteiger partial charge in [0.15, 0.2) is 0 Å². The number of hydrogen-bond acceptors (Lipinski definition) is 5. The molecule has 0 radical (unpaired) electrons. The molecule has 0 aliphatic carbocycles. The third kappa shape index (κ3) is 5.08. The Hall–Kier alpha value is -2.40. The van der Waals surface area contributed by atoms with Crippen molar-refractivity contribution in [3.05, 3.63) is 70.6 Å². The number of nitrogens with zero attached hydrogens (tertiary/aromatic N) is 3. The lowest BCUT2D eigenvalue weighted by molar-refractivity contribution is -0.137. The molecule has 0 bridgehead atoms. The Balaban J connectivity index is 1.45. The molecule has 176 valence electrons. The van der Waals surface area contributed by atoms with Gasteiger partial charge in [0.2, 0.25) is 15.9 Å². The second-order valence-electron chi connectivity index (χ2n) is 7.71. The van der Waals surface area contributed by atoms with Gasteiger partial charge in [-0.1, -0.05) is 29.8 Å². The Morgan fingerprint density at radius 1 is 1.06 bits per heavy atom. The van der Waals surface area contributed by atoms with Gasteiger partial charge < -0.3 is 4.42 Å². The molecule has 1 fully saturated rings. The minimum absolute atomic E-state index is 0.122. The Morgan fingerprint density at radius 2 is 1.73 bits per heavy atom. The first-order valence-electron chi connectivity index (χ1n) is 10.2. The summed E-state index contributed by atoms with van der Waals surface area (Å²) in [6, 6.07) is 11.8. The minimum atomic E-state index is -4.67. The predicted octanol–water partition coefficient (Wildman–Crippen LogP) is 4.83. The van der Waals surface area contributed by atoms with Gasteiger partial charge in [0.1, 0.15) is 10.7 Å². The largest absolute Gasteiger partial charge is 0.441 e. The average molecular weight is 500 g/mol. The van der Waals surface area contributed by atoms with Crippen LogP contribution in [0.4, 0.5) is 13.2 Å². The zero-order valence-corrected chi connectivity index (χ0v) is 19.2. The molecule has 1 aromatic heterocycles. The molecule has 2 aromatic carbocycles. The highest BCUT2D eigenvalue weighted by molar-refractivity contribution is 7.89. The molecule has 0 amide bonds. The molecule has 3 aromatic rings. The normalized spacial score (nSPS) is 16.3. The highest BCUT2D eigenvalue weighted by Gasteiger charge is 2.35. The summed E-state index contributed by atoms with van der Waals surface area (Å²) in [5.74, 6) is 1.20. The standard InChI is InChI=1S/C22H21ClF3N3O3S/c1-15-19(27-21(32-15)16-5-3-2-4-6-16)14-28-9-11-29(12-10-28)33(30,31)20-13-17(22(24,25)26)7-8-18(20)23/h2-8,13H,9-12,14H2,1H3. The quantitative estimate of drug-likeness (QED) is 0.503. The van der Waals surface area contributed by atoms with Crippen LogP contribution in [-0.2, 0) is 22.7 Å². The van der Waals surface area contributed by atoms with E-state index in [-0.39, 0.29) is 18.1 Å². The number of aromatic nitrogens is 1. The maximum Gasteiger partial charge on any atom is 0.416 e.